The highest BCUT2D eigenvalue weighted by Gasteiger charge is 2.01. The van der Waals surface area contributed by atoms with E-state index in [1.807, 2.05) is 0 Å². The standard InChI is InChI=1S/C12H16O4S/c1-17(15)11-6-4-5-10(9-11)16-8-3-2-7-12(13)14/h4-6,9H,2-3,7-8H2,1H3,(H,13,14). The zero-order chi connectivity index (χ0) is 12.7. The lowest BCUT2D eigenvalue weighted by Crippen LogP contribution is -2.00. The van der Waals surface area contributed by atoms with Crippen LogP contribution < -0.4 is 4.74 Å². The number of aliphatic carboxylic acids is 1. The molecule has 4 nitrogen and oxygen atoms in total. The molecule has 0 saturated carbocycles. The quantitative estimate of drug-likeness (QED) is 0.758. The van der Waals surface area contributed by atoms with Gasteiger partial charge in [-0.2, -0.15) is 0 Å². The van der Waals surface area contributed by atoms with Gasteiger partial charge in [-0.25, -0.2) is 0 Å². The highest BCUT2D eigenvalue weighted by Crippen LogP contribution is 2.15. The molecular weight excluding hydrogens is 240 g/mol. The van der Waals surface area contributed by atoms with Crippen LogP contribution in [0.3, 0.4) is 0 Å². The third-order valence-electron chi connectivity index (χ3n) is 2.19. The second-order valence-corrected chi connectivity index (χ2v) is 5.01. The van der Waals surface area contributed by atoms with Crippen LogP contribution in [0.5, 0.6) is 5.75 Å². The average molecular weight is 256 g/mol. The van der Waals surface area contributed by atoms with E-state index in [9.17, 15) is 9.00 Å². The van der Waals surface area contributed by atoms with Crippen LogP contribution in [0.15, 0.2) is 29.2 Å². The Hall–Kier alpha value is -1.36. The van der Waals surface area contributed by atoms with Crippen LogP contribution >= 0.6 is 0 Å². The fraction of sp³-hybridized carbons (Fsp3) is 0.417. The summed E-state index contributed by atoms with van der Waals surface area (Å²) in [4.78, 5) is 11.0. The molecule has 1 N–H and O–H groups in total. The second kappa shape index (κ2) is 7.06. The number of benzene rings is 1. The van der Waals surface area contributed by atoms with E-state index in [0.717, 1.165) is 4.90 Å². The monoisotopic (exact) mass is 256 g/mol. The summed E-state index contributed by atoms with van der Waals surface area (Å²) in [6, 6.07) is 7.12. The van der Waals surface area contributed by atoms with Gasteiger partial charge < -0.3 is 9.84 Å². The van der Waals surface area contributed by atoms with E-state index in [2.05, 4.69) is 0 Å². The van der Waals surface area contributed by atoms with Crippen molar-refractivity contribution >= 4 is 16.8 Å². The van der Waals surface area contributed by atoms with Crippen LogP contribution in [-0.4, -0.2) is 28.1 Å². The van der Waals surface area contributed by atoms with Gasteiger partial charge in [0, 0.05) is 28.4 Å². The van der Waals surface area contributed by atoms with Crippen LogP contribution in [0.1, 0.15) is 19.3 Å². The normalized spacial score (nSPS) is 12.1. The zero-order valence-corrected chi connectivity index (χ0v) is 10.5. The molecule has 1 aromatic rings. The smallest absolute Gasteiger partial charge is 0.303 e. The number of carboxylic acids is 1. The molecule has 0 aliphatic carbocycles. The summed E-state index contributed by atoms with van der Waals surface area (Å²) in [7, 11) is -1.01. The van der Waals surface area contributed by atoms with Gasteiger partial charge >= 0.3 is 5.97 Å². The third-order valence-corrected chi connectivity index (χ3v) is 3.11. The molecule has 0 spiro atoms. The van der Waals surface area contributed by atoms with Gasteiger partial charge in [-0.05, 0) is 31.0 Å². The summed E-state index contributed by atoms with van der Waals surface area (Å²) in [5.74, 6) is -0.110. The number of ether oxygens (including phenoxy) is 1. The lowest BCUT2D eigenvalue weighted by atomic mass is 10.2. The second-order valence-electron chi connectivity index (χ2n) is 3.63. The van der Waals surface area contributed by atoms with Gasteiger partial charge in [0.2, 0.25) is 0 Å². The van der Waals surface area contributed by atoms with Gasteiger partial charge in [0.25, 0.3) is 0 Å². The van der Waals surface area contributed by atoms with Crippen LogP contribution in [-0.2, 0) is 15.6 Å². The Bertz CT molecular complexity index is 403. The molecule has 0 heterocycles. The number of hydrogen-bond donors (Lipinski definition) is 1. The van der Waals surface area contributed by atoms with E-state index in [0.29, 0.717) is 25.2 Å². The Balaban J connectivity index is 2.34. The van der Waals surface area contributed by atoms with Crippen molar-refractivity contribution < 1.29 is 18.8 Å². The minimum atomic E-state index is -1.01. The summed E-state index contributed by atoms with van der Waals surface area (Å²) < 4.78 is 16.7. The first kappa shape index (κ1) is 13.7. The lowest BCUT2D eigenvalue weighted by Gasteiger charge is -2.06. The molecule has 1 aromatic carbocycles. The van der Waals surface area contributed by atoms with Gasteiger partial charge in [-0.15, -0.1) is 0 Å². The van der Waals surface area contributed by atoms with Crippen molar-refractivity contribution in [3.63, 3.8) is 0 Å². The first-order chi connectivity index (χ1) is 8.09. The predicted molar refractivity (Wildman–Crippen MR) is 65.8 cm³/mol. The minimum Gasteiger partial charge on any atom is -0.494 e. The highest BCUT2D eigenvalue weighted by atomic mass is 32.2. The number of carbonyl (C=O) groups is 1. The van der Waals surface area contributed by atoms with E-state index in [1.54, 1.807) is 30.5 Å². The maximum absolute atomic E-state index is 11.2. The Morgan fingerprint density at radius 1 is 1.41 bits per heavy atom. The Labute approximate surface area is 103 Å². The Morgan fingerprint density at radius 3 is 2.82 bits per heavy atom. The number of unbranched alkanes of at least 4 members (excludes halogenated alkanes) is 1. The zero-order valence-electron chi connectivity index (χ0n) is 9.72. The Morgan fingerprint density at radius 2 is 2.18 bits per heavy atom. The van der Waals surface area contributed by atoms with Crippen molar-refractivity contribution in [1.29, 1.82) is 0 Å². The van der Waals surface area contributed by atoms with Crippen molar-refractivity contribution in [2.24, 2.45) is 0 Å². The topological polar surface area (TPSA) is 63.6 Å². The summed E-state index contributed by atoms with van der Waals surface area (Å²) in [6.07, 6.45) is 3.09. The van der Waals surface area contributed by atoms with Gasteiger partial charge in [0.05, 0.1) is 6.61 Å². The first-order valence-electron chi connectivity index (χ1n) is 5.37. The molecule has 1 rings (SSSR count). The number of carboxylic acid groups (broad SMARTS) is 1. The lowest BCUT2D eigenvalue weighted by molar-refractivity contribution is -0.137. The van der Waals surface area contributed by atoms with E-state index >= 15 is 0 Å². The van der Waals surface area contributed by atoms with Gasteiger partial charge in [0.1, 0.15) is 5.75 Å². The largest absolute Gasteiger partial charge is 0.494 e. The molecule has 5 heteroatoms. The Kier molecular flexibility index (Phi) is 5.69. The summed E-state index contributed by atoms with van der Waals surface area (Å²) in [5.41, 5.74) is 0. The molecular formula is C12H16O4S. The molecule has 0 fully saturated rings. The molecule has 0 bridgehead atoms. The molecule has 0 radical (unpaired) electrons. The van der Waals surface area contributed by atoms with E-state index in [1.165, 1.54) is 0 Å². The van der Waals surface area contributed by atoms with E-state index in [-0.39, 0.29) is 6.42 Å². The van der Waals surface area contributed by atoms with Gasteiger partial charge in [-0.3, -0.25) is 9.00 Å². The van der Waals surface area contributed by atoms with Crippen LogP contribution in [0, 0.1) is 0 Å². The molecule has 0 aliphatic heterocycles. The molecule has 1 unspecified atom stereocenters. The highest BCUT2D eigenvalue weighted by molar-refractivity contribution is 7.84. The molecule has 17 heavy (non-hydrogen) atoms. The van der Waals surface area contributed by atoms with E-state index in [4.69, 9.17) is 9.84 Å². The number of rotatable bonds is 7. The first-order valence-corrected chi connectivity index (χ1v) is 6.93. The van der Waals surface area contributed by atoms with Crippen molar-refractivity contribution in [1.82, 2.24) is 0 Å². The fourth-order valence-electron chi connectivity index (χ4n) is 1.31. The van der Waals surface area contributed by atoms with E-state index < -0.39 is 16.8 Å². The van der Waals surface area contributed by atoms with Crippen LogP contribution in [0.2, 0.25) is 0 Å². The molecule has 94 valence electrons. The predicted octanol–water partition coefficient (Wildman–Crippen LogP) is 2.06. The van der Waals surface area contributed by atoms with Crippen molar-refractivity contribution in [3.05, 3.63) is 24.3 Å². The maximum atomic E-state index is 11.2. The minimum absolute atomic E-state index is 0.169. The van der Waals surface area contributed by atoms with Gasteiger partial charge in [-0.1, -0.05) is 6.07 Å². The molecule has 0 saturated heterocycles. The maximum Gasteiger partial charge on any atom is 0.303 e. The summed E-state index contributed by atoms with van der Waals surface area (Å²) in [6.45, 7) is 0.479. The van der Waals surface area contributed by atoms with Crippen LogP contribution in [0.4, 0.5) is 0 Å². The van der Waals surface area contributed by atoms with Gasteiger partial charge in [0.15, 0.2) is 0 Å². The summed E-state index contributed by atoms with van der Waals surface area (Å²) in [5, 5.41) is 8.45. The SMILES string of the molecule is CS(=O)c1cccc(OCCCCC(=O)O)c1. The summed E-state index contributed by atoms with van der Waals surface area (Å²) >= 11 is 0. The van der Waals surface area contributed by atoms with Crippen molar-refractivity contribution in [2.75, 3.05) is 12.9 Å². The molecule has 1 atom stereocenters. The molecule has 0 aromatic heterocycles. The fourth-order valence-corrected chi connectivity index (χ4v) is 1.86. The molecule has 0 amide bonds. The van der Waals surface area contributed by atoms with Crippen molar-refractivity contribution in [3.8, 4) is 5.75 Å². The number of hydrogen-bond acceptors (Lipinski definition) is 3. The van der Waals surface area contributed by atoms with Crippen molar-refractivity contribution in [2.45, 2.75) is 24.2 Å². The van der Waals surface area contributed by atoms with Crippen LogP contribution in [0.25, 0.3) is 0 Å². The third kappa shape index (κ3) is 5.49. The molecule has 0 aliphatic rings. The average Bonchev–Trinajstić information content (AvgIpc) is 2.28.